The number of aromatic nitrogens is 2. The maximum atomic E-state index is 12.3. The van der Waals surface area contributed by atoms with Crippen LogP contribution in [0.15, 0.2) is 63.3 Å². The Labute approximate surface area is 174 Å². The summed E-state index contributed by atoms with van der Waals surface area (Å²) in [6.45, 7) is 1.80. The van der Waals surface area contributed by atoms with E-state index in [2.05, 4.69) is 15.5 Å². The highest BCUT2D eigenvalue weighted by Crippen LogP contribution is 2.36. The zero-order valence-electron chi connectivity index (χ0n) is 15.0. The summed E-state index contributed by atoms with van der Waals surface area (Å²) in [5.74, 6) is -0.593. The standard InChI is InChI=1S/C19H13N5O3S2/c1-12-22-23-19(28-12)29-17-8-7-13(10-16(17)24(26)27)9-14(11-20)18(25)21-15-5-3-2-4-6-15/h2-10H,1H3,(H,21,25)/b14-9+. The molecule has 0 aliphatic heterocycles. The Morgan fingerprint density at radius 3 is 2.66 bits per heavy atom. The average Bonchev–Trinajstić information content (AvgIpc) is 3.12. The highest BCUT2D eigenvalue weighted by Gasteiger charge is 2.18. The summed E-state index contributed by atoms with van der Waals surface area (Å²) in [4.78, 5) is 23.7. The lowest BCUT2D eigenvalue weighted by Crippen LogP contribution is -2.13. The number of nitrogens with zero attached hydrogens (tertiary/aromatic N) is 4. The molecule has 0 saturated heterocycles. The topological polar surface area (TPSA) is 122 Å². The summed E-state index contributed by atoms with van der Waals surface area (Å²) in [5.41, 5.74) is 0.610. The lowest BCUT2D eigenvalue weighted by molar-refractivity contribution is -0.387. The van der Waals surface area contributed by atoms with Gasteiger partial charge in [0.25, 0.3) is 11.6 Å². The van der Waals surface area contributed by atoms with Crippen molar-refractivity contribution in [1.29, 1.82) is 5.26 Å². The van der Waals surface area contributed by atoms with Crippen LogP contribution in [0.3, 0.4) is 0 Å². The zero-order valence-corrected chi connectivity index (χ0v) is 16.7. The Morgan fingerprint density at radius 2 is 2.03 bits per heavy atom. The second-order valence-electron chi connectivity index (χ2n) is 5.66. The summed E-state index contributed by atoms with van der Waals surface area (Å²) >= 11 is 2.48. The van der Waals surface area contributed by atoms with Gasteiger partial charge in [-0.3, -0.25) is 14.9 Å². The van der Waals surface area contributed by atoms with Crippen LogP contribution < -0.4 is 5.32 Å². The van der Waals surface area contributed by atoms with Crippen LogP contribution in [0, 0.1) is 28.4 Å². The molecule has 0 radical (unpaired) electrons. The van der Waals surface area contributed by atoms with E-state index in [1.807, 2.05) is 6.07 Å². The van der Waals surface area contributed by atoms with E-state index >= 15 is 0 Å². The molecule has 10 heteroatoms. The minimum absolute atomic E-state index is 0.141. The van der Waals surface area contributed by atoms with Crippen molar-refractivity contribution in [1.82, 2.24) is 10.2 Å². The molecule has 0 aliphatic rings. The van der Waals surface area contributed by atoms with Crippen molar-refractivity contribution in [2.75, 3.05) is 5.32 Å². The van der Waals surface area contributed by atoms with Crippen LogP contribution in [0.5, 0.6) is 0 Å². The molecular formula is C19H13N5O3S2. The van der Waals surface area contributed by atoms with E-state index in [1.165, 1.54) is 23.5 Å². The number of carbonyl (C=O) groups excluding carboxylic acids is 1. The number of nitriles is 1. The number of hydrogen-bond donors (Lipinski definition) is 1. The number of amides is 1. The highest BCUT2D eigenvalue weighted by atomic mass is 32.2. The van der Waals surface area contributed by atoms with Crippen LogP contribution in [-0.4, -0.2) is 21.0 Å². The number of rotatable bonds is 6. The van der Waals surface area contributed by atoms with Gasteiger partial charge in [-0.1, -0.05) is 47.4 Å². The summed E-state index contributed by atoms with van der Waals surface area (Å²) in [7, 11) is 0. The molecule has 1 amide bonds. The lowest BCUT2D eigenvalue weighted by atomic mass is 10.1. The van der Waals surface area contributed by atoms with Crippen LogP contribution >= 0.6 is 23.1 Å². The van der Waals surface area contributed by atoms with Gasteiger partial charge < -0.3 is 5.32 Å². The first-order valence-electron chi connectivity index (χ1n) is 8.21. The zero-order chi connectivity index (χ0) is 20.8. The van der Waals surface area contributed by atoms with Gasteiger partial charge in [0, 0.05) is 11.8 Å². The van der Waals surface area contributed by atoms with Crippen LogP contribution in [-0.2, 0) is 4.79 Å². The van der Waals surface area contributed by atoms with Gasteiger partial charge in [0.15, 0.2) is 4.34 Å². The molecule has 0 saturated carbocycles. The first-order valence-corrected chi connectivity index (χ1v) is 9.84. The van der Waals surface area contributed by atoms with Gasteiger partial charge in [0.2, 0.25) is 0 Å². The van der Waals surface area contributed by atoms with Gasteiger partial charge in [0.05, 0.1) is 9.82 Å². The van der Waals surface area contributed by atoms with Gasteiger partial charge in [0.1, 0.15) is 16.6 Å². The highest BCUT2D eigenvalue weighted by molar-refractivity contribution is 8.01. The Bertz CT molecular complexity index is 1140. The van der Waals surface area contributed by atoms with Gasteiger partial charge in [-0.2, -0.15) is 5.26 Å². The molecule has 144 valence electrons. The van der Waals surface area contributed by atoms with E-state index in [0.29, 0.717) is 20.5 Å². The third kappa shape index (κ3) is 5.25. The fourth-order valence-electron chi connectivity index (χ4n) is 2.30. The summed E-state index contributed by atoms with van der Waals surface area (Å²) in [6, 6.07) is 15.0. The number of anilines is 1. The molecular weight excluding hydrogens is 410 g/mol. The van der Waals surface area contributed by atoms with Crippen LogP contribution in [0.2, 0.25) is 0 Å². The fourth-order valence-corrected chi connectivity index (χ4v) is 4.16. The monoisotopic (exact) mass is 423 g/mol. The van der Waals surface area contributed by atoms with Crippen LogP contribution in [0.25, 0.3) is 6.08 Å². The van der Waals surface area contributed by atoms with E-state index < -0.39 is 10.8 Å². The molecule has 0 aliphatic carbocycles. The molecule has 1 aromatic heterocycles. The van der Waals surface area contributed by atoms with Crippen molar-refractivity contribution in [2.24, 2.45) is 0 Å². The predicted molar refractivity (Wildman–Crippen MR) is 111 cm³/mol. The maximum absolute atomic E-state index is 12.3. The number of benzene rings is 2. The van der Waals surface area contributed by atoms with Gasteiger partial charge in [-0.15, -0.1) is 10.2 Å². The molecule has 1 heterocycles. The minimum atomic E-state index is -0.593. The summed E-state index contributed by atoms with van der Waals surface area (Å²) < 4.78 is 0.592. The first kappa shape index (κ1) is 20.2. The molecule has 0 fully saturated rings. The molecule has 8 nitrogen and oxygen atoms in total. The maximum Gasteiger partial charge on any atom is 0.283 e. The number of para-hydroxylation sites is 1. The van der Waals surface area contributed by atoms with Gasteiger partial charge >= 0.3 is 0 Å². The van der Waals surface area contributed by atoms with Crippen molar-refractivity contribution in [3.63, 3.8) is 0 Å². The molecule has 3 aromatic rings. The Hall–Kier alpha value is -3.55. The molecule has 0 atom stereocenters. The number of carbonyl (C=O) groups is 1. The normalized spacial score (nSPS) is 11.0. The van der Waals surface area contributed by atoms with Crippen molar-refractivity contribution in [2.45, 2.75) is 16.2 Å². The lowest BCUT2D eigenvalue weighted by Gasteiger charge is -2.05. The number of aryl methyl sites for hydroxylation is 1. The minimum Gasteiger partial charge on any atom is -0.321 e. The van der Waals surface area contributed by atoms with E-state index in [9.17, 15) is 20.2 Å². The van der Waals surface area contributed by atoms with Crippen molar-refractivity contribution < 1.29 is 9.72 Å². The average molecular weight is 423 g/mol. The van der Waals surface area contributed by atoms with Gasteiger partial charge in [-0.05, 0) is 36.8 Å². The Kier molecular flexibility index (Phi) is 6.33. The predicted octanol–water partition coefficient (Wildman–Crippen LogP) is 4.45. The molecule has 1 N–H and O–H groups in total. The third-order valence-corrected chi connectivity index (χ3v) is 5.55. The number of nitrogens with one attached hydrogen (secondary N) is 1. The number of hydrogen-bond acceptors (Lipinski definition) is 8. The third-order valence-electron chi connectivity index (χ3n) is 3.59. The summed E-state index contributed by atoms with van der Waals surface area (Å²) in [5, 5.41) is 32.1. The second kappa shape index (κ2) is 9.09. The van der Waals surface area contributed by atoms with E-state index in [-0.39, 0.29) is 11.3 Å². The Morgan fingerprint density at radius 1 is 1.28 bits per heavy atom. The summed E-state index contributed by atoms with van der Waals surface area (Å²) in [6.07, 6.45) is 1.31. The molecule has 0 bridgehead atoms. The fraction of sp³-hybridized carbons (Fsp3) is 0.0526. The van der Waals surface area contributed by atoms with E-state index in [4.69, 9.17) is 0 Å². The molecule has 0 unspecified atom stereocenters. The molecule has 2 aromatic carbocycles. The smallest absolute Gasteiger partial charge is 0.283 e. The van der Waals surface area contributed by atoms with Crippen LogP contribution in [0.4, 0.5) is 11.4 Å². The molecule has 29 heavy (non-hydrogen) atoms. The quantitative estimate of drug-likeness (QED) is 0.269. The van der Waals surface area contributed by atoms with E-state index in [1.54, 1.807) is 49.4 Å². The number of nitro benzene ring substituents is 1. The van der Waals surface area contributed by atoms with Crippen molar-refractivity contribution in [3.05, 3.63) is 74.8 Å². The van der Waals surface area contributed by atoms with Crippen molar-refractivity contribution >= 4 is 46.5 Å². The van der Waals surface area contributed by atoms with Crippen LogP contribution in [0.1, 0.15) is 10.6 Å². The number of nitro groups is 1. The van der Waals surface area contributed by atoms with Crippen molar-refractivity contribution in [3.8, 4) is 6.07 Å². The SMILES string of the molecule is Cc1nnc(Sc2ccc(/C=C(\C#N)C(=O)Nc3ccccc3)cc2[N+](=O)[O-])s1. The Balaban J connectivity index is 1.87. The van der Waals surface area contributed by atoms with E-state index in [0.717, 1.165) is 16.8 Å². The largest absolute Gasteiger partial charge is 0.321 e. The molecule has 0 spiro atoms. The second-order valence-corrected chi connectivity index (χ2v) is 8.13. The first-order chi connectivity index (χ1) is 14.0. The van der Waals surface area contributed by atoms with Gasteiger partial charge in [-0.25, -0.2) is 0 Å². The molecule has 3 rings (SSSR count).